The Bertz CT molecular complexity index is 117. The fourth-order valence-electron chi connectivity index (χ4n) is 0.645. The summed E-state index contributed by atoms with van der Waals surface area (Å²) < 4.78 is 0. The molecule has 0 bridgehead atoms. The summed E-state index contributed by atoms with van der Waals surface area (Å²) in [5.41, 5.74) is 0. The van der Waals surface area contributed by atoms with Gasteiger partial charge in [0, 0.05) is 6.04 Å². The molecule has 0 atom stereocenters. The Hall–Kier alpha value is 0.237. The van der Waals surface area contributed by atoms with Crippen LogP contribution in [0.25, 0.3) is 0 Å². The molecule has 0 aromatic carbocycles. The summed E-state index contributed by atoms with van der Waals surface area (Å²) in [5, 5.41) is 0.377. The second-order valence-corrected chi connectivity index (χ2v) is 10.3. The summed E-state index contributed by atoms with van der Waals surface area (Å²) in [5.74, 6) is 0.920. The molecule has 0 heterocycles. The lowest BCUT2D eigenvalue weighted by molar-refractivity contribution is -0.109. The van der Waals surface area contributed by atoms with Crippen molar-refractivity contribution in [1.29, 1.82) is 0 Å². The molecule has 0 aliphatic rings. The molecule has 0 spiro atoms. The summed E-state index contributed by atoms with van der Waals surface area (Å²) in [7, 11) is -1.13. The van der Waals surface area contributed by atoms with Gasteiger partial charge >= 0.3 is 0 Å². The van der Waals surface area contributed by atoms with E-state index in [4.69, 9.17) is 0 Å². The van der Waals surface area contributed by atoms with E-state index in [1.165, 1.54) is 11.8 Å². The maximum absolute atomic E-state index is 11.1. The molecule has 0 saturated heterocycles. The second kappa shape index (κ2) is 4.19. The first-order valence-corrected chi connectivity index (χ1v) is 8.30. The fraction of sp³-hybridized carbons (Fsp3) is 0.857. The molecule has 0 aliphatic carbocycles. The molecular formula is C7H16OSSi. The van der Waals surface area contributed by atoms with Crippen LogP contribution >= 0.6 is 11.8 Å². The second-order valence-electron chi connectivity index (χ2n) is 3.54. The third-order valence-corrected chi connectivity index (χ3v) is 3.37. The van der Waals surface area contributed by atoms with E-state index in [0.29, 0.717) is 5.12 Å². The minimum atomic E-state index is -1.13. The van der Waals surface area contributed by atoms with Crippen LogP contribution < -0.4 is 0 Å². The molecule has 0 unspecified atom stereocenters. The molecule has 60 valence electrons. The van der Waals surface area contributed by atoms with Gasteiger partial charge in [0.05, 0.1) is 8.07 Å². The molecule has 0 fully saturated rings. The molecule has 0 aromatic heterocycles. The Kier molecular flexibility index (Phi) is 4.28. The van der Waals surface area contributed by atoms with Crippen LogP contribution in [-0.2, 0) is 4.79 Å². The van der Waals surface area contributed by atoms with Gasteiger partial charge in [-0.1, -0.05) is 38.3 Å². The molecule has 0 amide bonds. The zero-order chi connectivity index (χ0) is 8.20. The first-order valence-electron chi connectivity index (χ1n) is 3.61. The Morgan fingerprint density at radius 2 is 1.90 bits per heavy atom. The zero-order valence-corrected chi connectivity index (χ0v) is 9.05. The standard InChI is InChI=1S/C7H16OSSi/c1-5-9-7(8)6-10(2,3)4/h5-6H2,1-4H3. The highest BCUT2D eigenvalue weighted by atomic mass is 32.2. The van der Waals surface area contributed by atoms with Gasteiger partial charge in [-0.05, 0) is 5.75 Å². The summed E-state index contributed by atoms with van der Waals surface area (Å²) >= 11 is 1.45. The van der Waals surface area contributed by atoms with E-state index in [-0.39, 0.29) is 0 Å². The zero-order valence-electron chi connectivity index (χ0n) is 7.23. The molecule has 0 aliphatic heterocycles. The van der Waals surface area contributed by atoms with Crippen molar-refractivity contribution in [2.24, 2.45) is 0 Å². The molecule has 10 heavy (non-hydrogen) atoms. The number of thioether (sulfide) groups is 1. The largest absolute Gasteiger partial charge is 0.288 e. The first-order chi connectivity index (χ1) is 4.45. The van der Waals surface area contributed by atoms with Crippen LogP contribution in [0.3, 0.4) is 0 Å². The smallest absolute Gasteiger partial charge is 0.186 e. The Labute approximate surface area is 68.6 Å². The molecule has 0 N–H and O–H groups in total. The monoisotopic (exact) mass is 176 g/mol. The summed E-state index contributed by atoms with van der Waals surface area (Å²) in [6.45, 7) is 8.69. The molecule has 0 radical (unpaired) electrons. The van der Waals surface area contributed by atoms with Crippen LogP contribution in [0.2, 0.25) is 25.7 Å². The van der Waals surface area contributed by atoms with Gasteiger partial charge in [-0.15, -0.1) is 0 Å². The SMILES string of the molecule is CCSC(=O)C[Si](C)(C)C. The fourth-order valence-corrected chi connectivity index (χ4v) is 3.54. The van der Waals surface area contributed by atoms with Crippen molar-refractivity contribution in [3.8, 4) is 0 Å². The number of rotatable bonds is 3. The van der Waals surface area contributed by atoms with E-state index in [9.17, 15) is 4.79 Å². The van der Waals surface area contributed by atoms with Gasteiger partial charge in [-0.2, -0.15) is 0 Å². The number of carbonyl (C=O) groups excluding carboxylic acids is 1. The molecule has 1 nitrogen and oxygen atoms in total. The topological polar surface area (TPSA) is 17.1 Å². The molecule has 0 aromatic rings. The predicted octanol–water partition coefficient (Wildman–Crippen LogP) is 2.60. The highest BCUT2D eigenvalue weighted by molar-refractivity contribution is 8.13. The summed E-state index contributed by atoms with van der Waals surface area (Å²) in [6, 6.07) is 0.825. The van der Waals surface area contributed by atoms with Crippen LogP contribution in [0.1, 0.15) is 6.92 Å². The number of hydrogen-bond acceptors (Lipinski definition) is 2. The minimum Gasteiger partial charge on any atom is -0.288 e. The van der Waals surface area contributed by atoms with Crippen LogP contribution in [-0.4, -0.2) is 18.9 Å². The van der Waals surface area contributed by atoms with E-state index in [0.717, 1.165) is 11.8 Å². The average molecular weight is 176 g/mol. The minimum absolute atomic E-state index is 0.377. The van der Waals surface area contributed by atoms with E-state index in [2.05, 4.69) is 19.6 Å². The first kappa shape index (κ1) is 10.2. The van der Waals surface area contributed by atoms with Gasteiger partial charge in [0.2, 0.25) is 0 Å². The van der Waals surface area contributed by atoms with Gasteiger partial charge in [0.15, 0.2) is 5.12 Å². The van der Waals surface area contributed by atoms with Crippen molar-refractivity contribution in [2.75, 3.05) is 5.75 Å². The maximum Gasteiger partial charge on any atom is 0.186 e. The predicted molar refractivity (Wildman–Crippen MR) is 51.3 cm³/mol. The van der Waals surface area contributed by atoms with Crippen LogP contribution in [0.15, 0.2) is 0 Å². The van der Waals surface area contributed by atoms with Crippen LogP contribution in [0, 0.1) is 0 Å². The van der Waals surface area contributed by atoms with Crippen molar-refractivity contribution in [1.82, 2.24) is 0 Å². The van der Waals surface area contributed by atoms with Crippen molar-refractivity contribution in [2.45, 2.75) is 32.6 Å². The normalized spacial score (nSPS) is 11.6. The Balaban J connectivity index is 3.58. The van der Waals surface area contributed by atoms with Crippen molar-refractivity contribution >= 4 is 25.0 Å². The van der Waals surface area contributed by atoms with Crippen LogP contribution in [0.4, 0.5) is 0 Å². The number of hydrogen-bond donors (Lipinski definition) is 0. The number of carbonyl (C=O) groups is 1. The highest BCUT2D eigenvalue weighted by Gasteiger charge is 2.17. The quantitative estimate of drug-likeness (QED) is 0.615. The third-order valence-electron chi connectivity index (χ3n) is 0.980. The van der Waals surface area contributed by atoms with Crippen molar-refractivity contribution in [3.63, 3.8) is 0 Å². The van der Waals surface area contributed by atoms with E-state index < -0.39 is 8.07 Å². The molecular weight excluding hydrogens is 160 g/mol. The van der Waals surface area contributed by atoms with Gasteiger partial charge < -0.3 is 0 Å². The van der Waals surface area contributed by atoms with E-state index in [1.807, 2.05) is 6.92 Å². The molecule has 0 saturated carbocycles. The lowest BCUT2D eigenvalue weighted by Crippen LogP contribution is -2.22. The average Bonchev–Trinajstić information content (AvgIpc) is 1.59. The van der Waals surface area contributed by atoms with E-state index in [1.54, 1.807) is 0 Å². The van der Waals surface area contributed by atoms with Gasteiger partial charge in [-0.3, -0.25) is 4.79 Å². The molecule has 0 rings (SSSR count). The lowest BCUT2D eigenvalue weighted by atomic mass is 10.9. The summed E-state index contributed by atoms with van der Waals surface area (Å²) in [6.07, 6.45) is 0. The van der Waals surface area contributed by atoms with E-state index >= 15 is 0 Å². The highest BCUT2D eigenvalue weighted by Crippen LogP contribution is 2.14. The molecule has 3 heteroatoms. The summed E-state index contributed by atoms with van der Waals surface area (Å²) in [4.78, 5) is 11.1. The Morgan fingerprint density at radius 3 is 2.20 bits per heavy atom. The maximum atomic E-state index is 11.1. The third kappa shape index (κ3) is 6.36. The van der Waals surface area contributed by atoms with Crippen molar-refractivity contribution in [3.05, 3.63) is 0 Å². The lowest BCUT2D eigenvalue weighted by Gasteiger charge is -2.12. The Morgan fingerprint density at radius 1 is 1.40 bits per heavy atom. The van der Waals surface area contributed by atoms with Crippen LogP contribution in [0.5, 0.6) is 0 Å². The van der Waals surface area contributed by atoms with Gasteiger partial charge in [0.1, 0.15) is 0 Å². The van der Waals surface area contributed by atoms with Gasteiger partial charge in [0.25, 0.3) is 0 Å². The van der Waals surface area contributed by atoms with Gasteiger partial charge in [-0.25, -0.2) is 0 Å². The van der Waals surface area contributed by atoms with Crippen molar-refractivity contribution < 1.29 is 4.79 Å².